The number of rotatable bonds is 2. The first kappa shape index (κ1) is 11.7. The lowest BCUT2D eigenvalue weighted by atomic mass is 9.97. The standard InChI is InChI=1S/C16H19N/c1-11-4-5-12(2)15(8-11)9-14-7-6-13(3)16(17)10-14/h4-8,10H,9,17H2,1-3H3. The summed E-state index contributed by atoms with van der Waals surface area (Å²) in [6.07, 6.45) is 0.956. The summed E-state index contributed by atoms with van der Waals surface area (Å²) in [5, 5.41) is 0. The largest absolute Gasteiger partial charge is 0.399 e. The molecule has 0 aliphatic heterocycles. The number of anilines is 1. The van der Waals surface area contributed by atoms with Crippen LogP contribution in [0.1, 0.15) is 27.8 Å². The molecule has 0 amide bonds. The summed E-state index contributed by atoms with van der Waals surface area (Å²) >= 11 is 0. The van der Waals surface area contributed by atoms with E-state index in [1.807, 2.05) is 6.92 Å². The molecule has 0 aromatic heterocycles. The van der Waals surface area contributed by atoms with Gasteiger partial charge in [-0.3, -0.25) is 0 Å². The number of benzene rings is 2. The number of aryl methyl sites for hydroxylation is 3. The summed E-state index contributed by atoms with van der Waals surface area (Å²) in [6, 6.07) is 12.9. The molecule has 17 heavy (non-hydrogen) atoms. The van der Waals surface area contributed by atoms with Gasteiger partial charge in [0.2, 0.25) is 0 Å². The van der Waals surface area contributed by atoms with Crippen molar-refractivity contribution in [1.82, 2.24) is 0 Å². The van der Waals surface area contributed by atoms with Gasteiger partial charge in [0.05, 0.1) is 0 Å². The summed E-state index contributed by atoms with van der Waals surface area (Å²) in [7, 11) is 0. The van der Waals surface area contributed by atoms with E-state index in [9.17, 15) is 0 Å². The van der Waals surface area contributed by atoms with Crippen LogP contribution in [-0.4, -0.2) is 0 Å². The van der Waals surface area contributed by atoms with Crippen LogP contribution in [-0.2, 0) is 6.42 Å². The summed E-state index contributed by atoms with van der Waals surface area (Å²) in [4.78, 5) is 0. The molecule has 0 heterocycles. The maximum atomic E-state index is 5.94. The second-order valence-electron chi connectivity index (χ2n) is 4.80. The molecular formula is C16H19N. The van der Waals surface area contributed by atoms with Crippen molar-refractivity contribution in [2.45, 2.75) is 27.2 Å². The molecule has 0 aliphatic rings. The number of nitrogen functional groups attached to an aromatic ring is 1. The van der Waals surface area contributed by atoms with E-state index in [0.717, 1.165) is 17.7 Å². The fourth-order valence-electron chi connectivity index (χ4n) is 2.01. The summed E-state index contributed by atoms with van der Waals surface area (Å²) < 4.78 is 0. The van der Waals surface area contributed by atoms with Gasteiger partial charge in [-0.05, 0) is 55.5 Å². The fraction of sp³-hybridized carbons (Fsp3) is 0.250. The Morgan fingerprint density at radius 2 is 1.59 bits per heavy atom. The van der Waals surface area contributed by atoms with E-state index in [2.05, 4.69) is 50.2 Å². The lowest BCUT2D eigenvalue weighted by Crippen LogP contribution is -1.96. The Kier molecular flexibility index (Phi) is 3.19. The van der Waals surface area contributed by atoms with Crippen molar-refractivity contribution < 1.29 is 0 Å². The zero-order valence-electron chi connectivity index (χ0n) is 10.7. The van der Waals surface area contributed by atoms with Crippen molar-refractivity contribution in [3.8, 4) is 0 Å². The van der Waals surface area contributed by atoms with Crippen molar-refractivity contribution in [3.63, 3.8) is 0 Å². The summed E-state index contributed by atoms with van der Waals surface area (Å²) in [5.74, 6) is 0. The minimum absolute atomic E-state index is 0.882. The number of nitrogens with two attached hydrogens (primary N) is 1. The molecule has 0 fully saturated rings. The quantitative estimate of drug-likeness (QED) is 0.773. The van der Waals surface area contributed by atoms with Crippen LogP contribution in [0.25, 0.3) is 0 Å². The van der Waals surface area contributed by atoms with Crippen LogP contribution >= 0.6 is 0 Å². The van der Waals surface area contributed by atoms with Crippen molar-refractivity contribution in [2.75, 3.05) is 5.73 Å². The molecule has 2 aromatic carbocycles. The molecule has 1 heteroatoms. The Bertz CT molecular complexity index is 541. The predicted octanol–water partition coefficient (Wildman–Crippen LogP) is 3.78. The van der Waals surface area contributed by atoms with E-state index in [0.29, 0.717) is 0 Å². The van der Waals surface area contributed by atoms with E-state index in [1.54, 1.807) is 0 Å². The molecule has 2 rings (SSSR count). The first-order valence-corrected chi connectivity index (χ1v) is 5.97. The molecule has 88 valence electrons. The minimum atomic E-state index is 0.882. The Labute approximate surface area is 103 Å². The van der Waals surface area contributed by atoms with Crippen LogP contribution in [0.2, 0.25) is 0 Å². The number of hydrogen-bond donors (Lipinski definition) is 1. The van der Waals surface area contributed by atoms with E-state index >= 15 is 0 Å². The van der Waals surface area contributed by atoms with Crippen LogP contribution in [0, 0.1) is 20.8 Å². The van der Waals surface area contributed by atoms with Crippen molar-refractivity contribution in [3.05, 3.63) is 64.2 Å². The highest BCUT2D eigenvalue weighted by molar-refractivity contribution is 5.49. The van der Waals surface area contributed by atoms with Crippen LogP contribution in [0.4, 0.5) is 5.69 Å². The molecular weight excluding hydrogens is 206 g/mol. The first-order valence-electron chi connectivity index (χ1n) is 5.97. The minimum Gasteiger partial charge on any atom is -0.399 e. The van der Waals surface area contributed by atoms with E-state index in [1.165, 1.54) is 22.3 Å². The molecule has 0 bridgehead atoms. The van der Waals surface area contributed by atoms with Crippen LogP contribution in [0.15, 0.2) is 36.4 Å². The SMILES string of the molecule is Cc1ccc(C)c(Cc2ccc(C)c(N)c2)c1. The van der Waals surface area contributed by atoms with E-state index < -0.39 is 0 Å². The van der Waals surface area contributed by atoms with Gasteiger partial charge in [0.1, 0.15) is 0 Å². The third-order valence-electron chi connectivity index (χ3n) is 3.24. The lowest BCUT2D eigenvalue weighted by Gasteiger charge is -2.09. The molecule has 1 nitrogen and oxygen atoms in total. The Morgan fingerprint density at radius 1 is 0.882 bits per heavy atom. The molecule has 0 saturated carbocycles. The zero-order valence-corrected chi connectivity index (χ0v) is 10.7. The maximum Gasteiger partial charge on any atom is 0.0346 e. The highest BCUT2D eigenvalue weighted by Crippen LogP contribution is 2.19. The topological polar surface area (TPSA) is 26.0 Å². The molecule has 0 saturated heterocycles. The molecule has 0 radical (unpaired) electrons. The van der Waals surface area contributed by atoms with Gasteiger partial charge in [0.25, 0.3) is 0 Å². The highest BCUT2D eigenvalue weighted by Gasteiger charge is 2.02. The highest BCUT2D eigenvalue weighted by atomic mass is 14.5. The van der Waals surface area contributed by atoms with Gasteiger partial charge in [0, 0.05) is 5.69 Å². The second kappa shape index (κ2) is 4.62. The molecule has 0 aliphatic carbocycles. The van der Waals surface area contributed by atoms with Gasteiger partial charge < -0.3 is 5.73 Å². The fourth-order valence-corrected chi connectivity index (χ4v) is 2.01. The number of hydrogen-bond acceptors (Lipinski definition) is 1. The second-order valence-corrected chi connectivity index (χ2v) is 4.80. The normalized spacial score (nSPS) is 10.5. The van der Waals surface area contributed by atoms with Gasteiger partial charge in [-0.1, -0.05) is 35.9 Å². The molecule has 2 N–H and O–H groups in total. The van der Waals surface area contributed by atoms with Crippen LogP contribution < -0.4 is 5.73 Å². The van der Waals surface area contributed by atoms with Crippen LogP contribution in [0.5, 0.6) is 0 Å². The average Bonchev–Trinajstić information content (AvgIpc) is 2.29. The van der Waals surface area contributed by atoms with Gasteiger partial charge in [-0.2, -0.15) is 0 Å². The van der Waals surface area contributed by atoms with Gasteiger partial charge >= 0.3 is 0 Å². The van der Waals surface area contributed by atoms with Gasteiger partial charge in [-0.25, -0.2) is 0 Å². The van der Waals surface area contributed by atoms with Gasteiger partial charge in [0.15, 0.2) is 0 Å². The monoisotopic (exact) mass is 225 g/mol. The zero-order chi connectivity index (χ0) is 12.4. The van der Waals surface area contributed by atoms with Gasteiger partial charge in [-0.15, -0.1) is 0 Å². The van der Waals surface area contributed by atoms with Crippen LogP contribution in [0.3, 0.4) is 0 Å². The molecule has 0 atom stereocenters. The lowest BCUT2D eigenvalue weighted by molar-refractivity contribution is 1.14. The van der Waals surface area contributed by atoms with Crippen molar-refractivity contribution in [1.29, 1.82) is 0 Å². The smallest absolute Gasteiger partial charge is 0.0346 e. The first-order chi connectivity index (χ1) is 8.06. The van der Waals surface area contributed by atoms with E-state index in [-0.39, 0.29) is 0 Å². The maximum absolute atomic E-state index is 5.94. The predicted molar refractivity (Wildman–Crippen MR) is 74.3 cm³/mol. The van der Waals surface area contributed by atoms with Crippen molar-refractivity contribution >= 4 is 5.69 Å². The molecule has 0 spiro atoms. The summed E-state index contributed by atoms with van der Waals surface area (Å²) in [5.41, 5.74) is 13.3. The third-order valence-corrected chi connectivity index (χ3v) is 3.24. The van der Waals surface area contributed by atoms with Crippen molar-refractivity contribution in [2.24, 2.45) is 0 Å². The average molecular weight is 225 g/mol. The third kappa shape index (κ3) is 2.68. The summed E-state index contributed by atoms with van der Waals surface area (Å²) in [6.45, 7) is 6.33. The molecule has 2 aromatic rings. The Balaban J connectivity index is 2.31. The Hall–Kier alpha value is -1.76. The Morgan fingerprint density at radius 3 is 2.29 bits per heavy atom. The molecule has 0 unspecified atom stereocenters. The van der Waals surface area contributed by atoms with E-state index in [4.69, 9.17) is 5.73 Å².